The lowest BCUT2D eigenvalue weighted by molar-refractivity contribution is -0.131. The Kier molecular flexibility index (Phi) is 6.82. The number of para-hydroxylation sites is 1. The zero-order valence-electron chi connectivity index (χ0n) is 15.0. The van der Waals surface area contributed by atoms with E-state index in [0.717, 1.165) is 0 Å². The number of carbonyl (C=O) groups is 4. The molecule has 2 aromatic carbocycles. The third-order valence-corrected chi connectivity index (χ3v) is 3.51. The van der Waals surface area contributed by atoms with Crippen LogP contribution in [0.15, 0.2) is 48.5 Å². The average molecular weight is 369 g/mol. The van der Waals surface area contributed by atoms with Crippen LogP contribution in [0.5, 0.6) is 5.75 Å². The van der Waals surface area contributed by atoms with Crippen molar-refractivity contribution >= 4 is 29.3 Å². The van der Waals surface area contributed by atoms with Crippen molar-refractivity contribution in [3.8, 4) is 5.75 Å². The van der Waals surface area contributed by atoms with E-state index in [4.69, 9.17) is 9.47 Å². The maximum Gasteiger partial charge on any atom is 0.340 e. The van der Waals surface area contributed by atoms with E-state index in [0.29, 0.717) is 17.0 Å². The number of ketones is 1. The van der Waals surface area contributed by atoms with Gasteiger partial charge in [0, 0.05) is 18.9 Å². The quantitative estimate of drug-likeness (QED) is 0.458. The number of nitrogens with one attached hydrogen (secondary N) is 1. The third kappa shape index (κ3) is 5.78. The summed E-state index contributed by atoms with van der Waals surface area (Å²) < 4.78 is 9.96. The molecule has 1 N–H and O–H groups in total. The summed E-state index contributed by atoms with van der Waals surface area (Å²) in [6, 6.07) is 12.3. The normalized spacial score (nSPS) is 10.0. The summed E-state index contributed by atoms with van der Waals surface area (Å²) in [5, 5.41) is 2.62. The first-order chi connectivity index (χ1) is 12.9. The van der Waals surface area contributed by atoms with Crippen LogP contribution in [0, 0.1) is 0 Å². The van der Waals surface area contributed by atoms with Crippen LogP contribution in [0.4, 0.5) is 5.69 Å². The minimum atomic E-state index is -0.716. The molecule has 7 heteroatoms. The molecule has 2 rings (SSSR count). The number of ether oxygens (including phenoxy) is 2. The number of hydrogen-bond donors (Lipinski definition) is 1. The molecule has 140 valence electrons. The Morgan fingerprint density at radius 3 is 2.26 bits per heavy atom. The zero-order valence-corrected chi connectivity index (χ0v) is 15.0. The minimum absolute atomic E-state index is 0.164. The summed E-state index contributed by atoms with van der Waals surface area (Å²) in [7, 11) is 0. The number of benzene rings is 2. The predicted octanol–water partition coefficient (Wildman–Crippen LogP) is 3.00. The topological polar surface area (TPSA) is 98.8 Å². The maximum atomic E-state index is 12.3. The fourth-order valence-corrected chi connectivity index (χ4v) is 2.18. The first-order valence-electron chi connectivity index (χ1n) is 8.28. The molecule has 0 aliphatic carbocycles. The Labute approximate surface area is 156 Å². The molecule has 2 aromatic rings. The van der Waals surface area contributed by atoms with Gasteiger partial charge in [-0.25, -0.2) is 4.79 Å². The number of Topliss-reactive ketones (excluding diaryl/α,β-unsaturated/α-hetero) is 1. The van der Waals surface area contributed by atoms with Gasteiger partial charge in [-0.2, -0.15) is 0 Å². The Morgan fingerprint density at radius 1 is 0.963 bits per heavy atom. The van der Waals surface area contributed by atoms with Gasteiger partial charge in [-0.15, -0.1) is 0 Å². The van der Waals surface area contributed by atoms with Crippen molar-refractivity contribution in [2.75, 3.05) is 11.9 Å². The molecule has 0 saturated heterocycles. The fraction of sp³-hybridized carbons (Fsp3) is 0.200. The monoisotopic (exact) mass is 369 g/mol. The van der Waals surface area contributed by atoms with Crippen molar-refractivity contribution in [2.45, 2.75) is 20.3 Å². The van der Waals surface area contributed by atoms with Gasteiger partial charge in [0.05, 0.1) is 11.3 Å². The number of anilines is 1. The smallest absolute Gasteiger partial charge is 0.340 e. The minimum Gasteiger partial charge on any atom is -0.454 e. The lowest BCUT2D eigenvalue weighted by Crippen LogP contribution is -2.17. The van der Waals surface area contributed by atoms with Crippen LogP contribution in [0.1, 0.15) is 41.0 Å². The molecule has 0 heterocycles. The second-order valence-electron chi connectivity index (χ2n) is 5.56. The van der Waals surface area contributed by atoms with Gasteiger partial charge < -0.3 is 14.8 Å². The average Bonchev–Trinajstić information content (AvgIpc) is 2.66. The van der Waals surface area contributed by atoms with E-state index in [2.05, 4.69) is 5.32 Å². The third-order valence-electron chi connectivity index (χ3n) is 3.51. The largest absolute Gasteiger partial charge is 0.454 e. The van der Waals surface area contributed by atoms with Crippen LogP contribution < -0.4 is 10.1 Å². The van der Waals surface area contributed by atoms with E-state index in [1.165, 1.54) is 37.3 Å². The summed E-state index contributed by atoms with van der Waals surface area (Å²) in [6.45, 7) is 2.52. The van der Waals surface area contributed by atoms with Crippen molar-refractivity contribution in [3.05, 3.63) is 59.7 Å². The first kappa shape index (κ1) is 19.8. The molecule has 1 amide bonds. The van der Waals surface area contributed by atoms with Crippen LogP contribution in [-0.2, 0) is 14.3 Å². The molecule has 0 aliphatic heterocycles. The molecule has 0 saturated carbocycles. The zero-order chi connectivity index (χ0) is 19.8. The lowest BCUT2D eigenvalue weighted by Gasteiger charge is -2.10. The van der Waals surface area contributed by atoms with Gasteiger partial charge >= 0.3 is 11.9 Å². The van der Waals surface area contributed by atoms with E-state index in [1.54, 1.807) is 25.1 Å². The highest BCUT2D eigenvalue weighted by molar-refractivity contribution is 6.03. The van der Waals surface area contributed by atoms with Gasteiger partial charge in [0.25, 0.3) is 0 Å². The summed E-state index contributed by atoms with van der Waals surface area (Å²) in [4.78, 5) is 46.9. The molecule has 0 radical (unpaired) electrons. The van der Waals surface area contributed by atoms with Crippen molar-refractivity contribution in [3.63, 3.8) is 0 Å². The highest BCUT2D eigenvalue weighted by atomic mass is 16.5. The number of carbonyl (C=O) groups excluding carboxylic acids is 4. The molecule has 27 heavy (non-hydrogen) atoms. The molecule has 0 spiro atoms. The van der Waals surface area contributed by atoms with E-state index < -0.39 is 24.3 Å². The summed E-state index contributed by atoms with van der Waals surface area (Å²) in [5.41, 5.74) is 0.802. The Bertz CT molecular complexity index is 857. The highest BCUT2D eigenvalue weighted by Crippen LogP contribution is 2.17. The second-order valence-corrected chi connectivity index (χ2v) is 5.56. The van der Waals surface area contributed by atoms with Gasteiger partial charge in [0.2, 0.25) is 5.91 Å². The molecule has 0 unspecified atom stereocenters. The van der Waals surface area contributed by atoms with E-state index >= 15 is 0 Å². The van der Waals surface area contributed by atoms with Crippen LogP contribution in [0.2, 0.25) is 0 Å². The summed E-state index contributed by atoms with van der Waals surface area (Å²) in [6.07, 6.45) is 0.269. The van der Waals surface area contributed by atoms with E-state index in [-0.39, 0.29) is 17.9 Å². The first-order valence-corrected chi connectivity index (χ1v) is 8.28. The molecule has 0 bridgehead atoms. The molecule has 0 aromatic heterocycles. The van der Waals surface area contributed by atoms with Crippen molar-refractivity contribution in [1.82, 2.24) is 0 Å². The molecule has 7 nitrogen and oxygen atoms in total. The maximum absolute atomic E-state index is 12.3. The number of rotatable bonds is 7. The molecule has 0 fully saturated rings. The molecular weight excluding hydrogens is 350 g/mol. The Hall–Kier alpha value is -3.48. The number of amides is 1. The lowest BCUT2D eigenvalue weighted by atomic mass is 10.1. The van der Waals surface area contributed by atoms with Crippen molar-refractivity contribution in [1.29, 1.82) is 0 Å². The van der Waals surface area contributed by atoms with Gasteiger partial charge in [-0.05, 0) is 36.4 Å². The SMILES string of the molecule is CCC(=O)Nc1ccccc1C(=O)OCC(=O)c1ccc(OC(C)=O)cc1. The Balaban J connectivity index is 2.00. The molecule has 0 aliphatic rings. The predicted molar refractivity (Wildman–Crippen MR) is 97.7 cm³/mol. The summed E-state index contributed by atoms with van der Waals surface area (Å²) >= 11 is 0. The van der Waals surface area contributed by atoms with Crippen LogP contribution in [0.25, 0.3) is 0 Å². The van der Waals surface area contributed by atoms with Gasteiger partial charge in [0.15, 0.2) is 12.4 Å². The Morgan fingerprint density at radius 2 is 1.63 bits per heavy atom. The van der Waals surface area contributed by atoms with Crippen LogP contribution in [-0.4, -0.2) is 30.2 Å². The highest BCUT2D eigenvalue weighted by Gasteiger charge is 2.16. The van der Waals surface area contributed by atoms with Crippen molar-refractivity contribution < 1.29 is 28.7 Å². The number of esters is 2. The number of hydrogen-bond acceptors (Lipinski definition) is 6. The van der Waals surface area contributed by atoms with Gasteiger partial charge in [-0.1, -0.05) is 19.1 Å². The van der Waals surface area contributed by atoms with Gasteiger partial charge in [-0.3, -0.25) is 14.4 Å². The molecule has 0 atom stereocenters. The van der Waals surface area contributed by atoms with Gasteiger partial charge in [0.1, 0.15) is 5.75 Å². The fourth-order valence-electron chi connectivity index (χ4n) is 2.18. The second kappa shape index (κ2) is 9.28. The van der Waals surface area contributed by atoms with Crippen LogP contribution >= 0.6 is 0 Å². The standard InChI is InChI=1S/C20H19NO6/c1-3-19(24)21-17-7-5-4-6-16(17)20(25)26-12-18(23)14-8-10-15(11-9-14)27-13(2)22/h4-11H,3,12H2,1-2H3,(H,21,24). The van der Waals surface area contributed by atoms with E-state index in [1.807, 2.05) is 0 Å². The van der Waals surface area contributed by atoms with E-state index in [9.17, 15) is 19.2 Å². The molecular formula is C20H19NO6. The van der Waals surface area contributed by atoms with Crippen LogP contribution in [0.3, 0.4) is 0 Å². The summed E-state index contributed by atoms with van der Waals surface area (Å²) in [5.74, 6) is -1.51. The van der Waals surface area contributed by atoms with Crippen molar-refractivity contribution in [2.24, 2.45) is 0 Å².